The first-order valence-corrected chi connectivity index (χ1v) is 13.0. The second-order valence-corrected chi connectivity index (χ2v) is 9.58. The first-order valence-electron chi connectivity index (χ1n) is 13.0. The molecule has 40 heavy (non-hydrogen) atoms. The maximum absolute atomic E-state index is 13.4. The first kappa shape index (κ1) is 33.0. The number of carbonyl (C=O) groups excluding carboxylic acids is 2. The molecule has 1 heterocycles. The number of hydrazine groups is 1. The number of halogens is 3. The van der Waals surface area contributed by atoms with Crippen molar-refractivity contribution in [2.24, 2.45) is 0 Å². The maximum Gasteiger partial charge on any atom is 0.256 e. The number of likely N-dealkylation sites (N-methyl/N-ethyl adjacent to an activating group) is 2. The third kappa shape index (κ3) is 8.41. The summed E-state index contributed by atoms with van der Waals surface area (Å²) < 4.78 is 13.4. The van der Waals surface area contributed by atoms with Gasteiger partial charge in [-0.25, -0.2) is 9.40 Å². The normalized spacial score (nSPS) is 12.1. The molecule has 10 heteroatoms. The van der Waals surface area contributed by atoms with Crippen LogP contribution in [-0.2, 0) is 22.7 Å². The smallest absolute Gasteiger partial charge is 0.256 e. The average Bonchev–Trinajstić information content (AvgIpc) is 3.35. The van der Waals surface area contributed by atoms with E-state index in [9.17, 15) is 14.0 Å². The Labute approximate surface area is 248 Å². The molecular weight excluding hydrogens is 552 g/mol. The number of anilines is 1. The Morgan fingerprint density at radius 1 is 0.900 bits per heavy atom. The van der Waals surface area contributed by atoms with E-state index < -0.39 is 0 Å². The van der Waals surface area contributed by atoms with E-state index >= 15 is 0 Å². The van der Waals surface area contributed by atoms with Crippen LogP contribution in [0.3, 0.4) is 0 Å². The summed E-state index contributed by atoms with van der Waals surface area (Å²) in [5, 5.41) is 9.81. The van der Waals surface area contributed by atoms with Crippen molar-refractivity contribution >= 4 is 42.3 Å². The zero-order chi connectivity index (χ0) is 27.1. The van der Waals surface area contributed by atoms with E-state index in [1.165, 1.54) is 23.3 Å². The second kappa shape index (κ2) is 15.6. The number of nitrogens with one attached hydrogen (secondary N) is 2. The third-order valence-corrected chi connectivity index (χ3v) is 6.86. The van der Waals surface area contributed by atoms with Gasteiger partial charge >= 0.3 is 0 Å². The van der Waals surface area contributed by atoms with Crippen molar-refractivity contribution in [1.29, 1.82) is 0 Å². The van der Waals surface area contributed by atoms with Crippen molar-refractivity contribution in [2.75, 3.05) is 44.7 Å². The van der Waals surface area contributed by atoms with Crippen LogP contribution in [0.4, 0.5) is 10.1 Å². The summed E-state index contributed by atoms with van der Waals surface area (Å²) in [4.78, 5) is 28.1. The number of nitrogens with zero attached hydrogens (tertiary/aromatic N) is 3. The third-order valence-electron chi connectivity index (χ3n) is 6.86. The van der Waals surface area contributed by atoms with E-state index in [0.29, 0.717) is 26.2 Å². The summed E-state index contributed by atoms with van der Waals surface area (Å²) in [5.41, 5.74) is 6.02. The lowest BCUT2D eigenvalue weighted by Crippen LogP contribution is -2.48. The lowest BCUT2D eigenvalue weighted by Gasteiger charge is -2.32. The highest BCUT2D eigenvalue weighted by Crippen LogP contribution is 2.28. The van der Waals surface area contributed by atoms with Crippen LogP contribution < -0.4 is 15.5 Å². The molecule has 0 atom stereocenters. The number of amides is 2. The monoisotopic (exact) mass is 589 g/mol. The SMILES string of the molecule is CCNCCNC(=O)CN(CC(=O)N(C)N1Cc2ccccc2C1)c1ccc(-c2ccc(F)cc2)cc1C.Cl.Cl. The van der Waals surface area contributed by atoms with E-state index in [1.54, 1.807) is 24.2 Å². The molecular formula is C30H38Cl2FN5O2. The van der Waals surface area contributed by atoms with Gasteiger partial charge in [-0.05, 0) is 65.6 Å². The Hall–Kier alpha value is -3.17. The van der Waals surface area contributed by atoms with Crippen LogP contribution in [0, 0.1) is 12.7 Å². The molecule has 0 aromatic heterocycles. The fourth-order valence-electron chi connectivity index (χ4n) is 4.71. The van der Waals surface area contributed by atoms with Crippen LogP contribution >= 0.6 is 24.8 Å². The summed E-state index contributed by atoms with van der Waals surface area (Å²) in [6.07, 6.45) is 0. The summed E-state index contributed by atoms with van der Waals surface area (Å²) in [7, 11) is 1.79. The minimum absolute atomic E-state index is 0. The van der Waals surface area contributed by atoms with Gasteiger partial charge in [0.05, 0.1) is 13.1 Å². The number of hydrogen-bond acceptors (Lipinski definition) is 5. The Balaban J connectivity index is 0.00000280. The van der Waals surface area contributed by atoms with Gasteiger partial charge in [-0.2, -0.15) is 0 Å². The lowest BCUT2D eigenvalue weighted by atomic mass is 10.0. The van der Waals surface area contributed by atoms with Gasteiger partial charge in [0.2, 0.25) is 5.91 Å². The van der Waals surface area contributed by atoms with Crippen LogP contribution in [0.5, 0.6) is 0 Å². The van der Waals surface area contributed by atoms with E-state index in [4.69, 9.17) is 0 Å². The molecule has 0 fully saturated rings. The fraction of sp³-hybridized carbons (Fsp3) is 0.333. The van der Waals surface area contributed by atoms with Gasteiger partial charge < -0.3 is 15.5 Å². The summed E-state index contributed by atoms with van der Waals surface area (Å²) in [6, 6.07) is 20.4. The van der Waals surface area contributed by atoms with Gasteiger partial charge in [0.25, 0.3) is 5.91 Å². The van der Waals surface area contributed by atoms with E-state index in [2.05, 4.69) is 22.8 Å². The van der Waals surface area contributed by atoms with Gasteiger partial charge in [-0.15, -0.1) is 24.8 Å². The summed E-state index contributed by atoms with van der Waals surface area (Å²) in [5.74, 6) is -0.522. The van der Waals surface area contributed by atoms with Crippen LogP contribution in [-0.4, -0.2) is 61.6 Å². The van der Waals surface area contributed by atoms with Crippen molar-refractivity contribution in [3.05, 3.63) is 89.2 Å². The number of rotatable bonds is 11. The Kier molecular flexibility index (Phi) is 12.9. The Morgan fingerprint density at radius 3 is 2.12 bits per heavy atom. The van der Waals surface area contributed by atoms with E-state index in [1.807, 2.05) is 54.1 Å². The highest BCUT2D eigenvalue weighted by molar-refractivity contribution is 5.87. The quantitative estimate of drug-likeness (QED) is 0.321. The molecule has 2 amide bonds. The molecule has 0 aliphatic carbocycles. The van der Waals surface area contributed by atoms with Gasteiger partial charge in [0.1, 0.15) is 5.82 Å². The number of hydrogen-bond donors (Lipinski definition) is 2. The topological polar surface area (TPSA) is 67.9 Å². The molecule has 4 rings (SSSR count). The Bertz CT molecular complexity index is 1250. The molecule has 0 bridgehead atoms. The van der Waals surface area contributed by atoms with Crippen LogP contribution in [0.2, 0.25) is 0 Å². The lowest BCUT2D eigenvalue weighted by molar-refractivity contribution is -0.145. The molecule has 2 N–H and O–H groups in total. The molecule has 3 aromatic rings. The zero-order valence-electron chi connectivity index (χ0n) is 23.2. The molecule has 0 spiro atoms. The molecule has 0 saturated carbocycles. The van der Waals surface area contributed by atoms with Crippen molar-refractivity contribution in [1.82, 2.24) is 20.7 Å². The van der Waals surface area contributed by atoms with Gasteiger partial charge in [-0.3, -0.25) is 14.6 Å². The van der Waals surface area contributed by atoms with Crippen molar-refractivity contribution in [3.63, 3.8) is 0 Å². The average molecular weight is 591 g/mol. The number of benzene rings is 3. The zero-order valence-corrected chi connectivity index (χ0v) is 24.8. The van der Waals surface area contributed by atoms with Gasteiger partial charge in [0.15, 0.2) is 0 Å². The van der Waals surface area contributed by atoms with E-state index in [-0.39, 0.29) is 55.5 Å². The van der Waals surface area contributed by atoms with Gasteiger partial charge in [0, 0.05) is 38.9 Å². The predicted molar refractivity (Wildman–Crippen MR) is 163 cm³/mol. The summed E-state index contributed by atoms with van der Waals surface area (Å²) >= 11 is 0. The Morgan fingerprint density at radius 2 is 1.52 bits per heavy atom. The maximum atomic E-state index is 13.4. The minimum Gasteiger partial charge on any atom is -0.353 e. The van der Waals surface area contributed by atoms with Crippen LogP contribution in [0.15, 0.2) is 66.7 Å². The van der Waals surface area contributed by atoms with Crippen LogP contribution in [0.25, 0.3) is 11.1 Å². The summed E-state index contributed by atoms with van der Waals surface area (Å²) in [6.45, 7) is 7.48. The molecule has 3 aromatic carbocycles. The molecule has 1 aliphatic rings. The highest BCUT2D eigenvalue weighted by Gasteiger charge is 2.27. The molecule has 1 aliphatic heterocycles. The van der Waals surface area contributed by atoms with Gasteiger partial charge in [-0.1, -0.05) is 49.4 Å². The van der Waals surface area contributed by atoms with Crippen molar-refractivity contribution < 1.29 is 14.0 Å². The largest absolute Gasteiger partial charge is 0.353 e. The second-order valence-electron chi connectivity index (χ2n) is 9.58. The van der Waals surface area contributed by atoms with Crippen LogP contribution in [0.1, 0.15) is 23.6 Å². The first-order chi connectivity index (χ1) is 18.4. The molecule has 0 radical (unpaired) electrons. The fourth-order valence-corrected chi connectivity index (χ4v) is 4.71. The molecule has 7 nitrogen and oxygen atoms in total. The predicted octanol–water partition coefficient (Wildman–Crippen LogP) is 4.57. The molecule has 0 unspecified atom stereocenters. The number of carbonyl (C=O) groups is 2. The number of fused-ring (bicyclic) bond motifs is 1. The standard InChI is InChI=1S/C30H36FN5O2.2ClH/c1-4-32-15-16-33-29(37)20-35(21-30(38)34(3)36-18-25-7-5-6-8-26(25)19-36)28-14-11-24(17-22(28)2)23-9-12-27(31)13-10-23;;/h5-14,17,32H,4,15-16,18-21H2,1-3H3,(H,33,37);2*1H. The minimum atomic E-state index is -0.280. The van der Waals surface area contributed by atoms with Crippen molar-refractivity contribution in [3.8, 4) is 11.1 Å². The number of aryl methyl sites for hydroxylation is 1. The van der Waals surface area contributed by atoms with E-state index in [0.717, 1.165) is 28.9 Å². The molecule has 216 valence electrons. The van der Waals surface area contributed by atoms with Crippen molar-refractivity contribution in [2.45, 2.75) is 26.9 Å². The molecule has 0 saturated heterocycles. The highest BCUT2D eigenvalue weighted by atomic mass is 35.5.